The highest BCUT2D eigenvalue weighted by atomic mass is 32.2. The first-order chi connectivity index (χ1) is 14.9. The van der Waals surface area contributed by atoms with Crippen LogP contribution in [0.2, 0.25) is 0 Å². The number of hydrogen-bond donors (Lipinski definition) is 2. The maximum absolute atomic E-state index is 13.1. The molecule has 9 nitrogen and oxygen atoms in total. The number of carbonyl (C=O) groups is 1. The lowest BCUT2D eigenvalue weighted by Crippen LogP contribution is -2.40. The molecule has 1 aromatic carbocycles. The molecule has 1 unspecified atom stereocenters. The van der Waals surface area contributed by atoms with E-state index in [2.05, 4.69) is 10.6 Å². The lowest BCUT2D eigenvalue weighted by atomic mass is 10.2. The first-order valence-corrected chi connectivity index (χ1v) is 11.8. The van der Waals surface area contributed by atoms with E-state index in [0.29, 0.717) is 49.8 Å². The average Bonchev–Trinajstić information content (AvgIpc) is 3.45. The number of morpholine rings is 1. The molecule has 0 saturated carbocycles. The minimum atomic E-state index is -3.70. The lowest BCUT2D eigenvalue weighted by Gasteiger charge is -2.26. The molecule has 2 aliphatic rings. The van der Waals surface area contributed by atoms with Crippen molar-refractivity contribution in [3.63, 3.8) is 0 Å². The van der Waals surface area contributed by atoms with Crippen LogP contribution in [0, 0.1) is 6.92 Å². The molecule has 168 valence electrons. The van der Waals surface area contributed by atoms with Gasteiger partial charge in [0.1, 0.15) is 0 Å². The van der Waals surface area contributed by atoms with Crippen molar-refractivity contribution in [2.45, 2.75) is 30.8 Å². The van der Waals surface area contributed by atoms with Crippen molar-refractivity contribution in [1.29, 1.82) is 0 Å². The molecule has 31 heavy (non-hydrogen) atoms. The summed E-state index contributed by atoms with van der Waals surface area (Å²) in [6.07, 6.45) is 3.52. The predicted octanol–water partition coefficient (Wildman–Crippen LogP) is 2.45. The van der Waals surface area contributed by atoms with E-state index in [0.717, 1.165) is 19.4 Å². The van der Waals surface area contributed by atoms with Crippen molar-refractivity contribution in [3.8, 4) is 0 Å². The van der Waals surface area contributed by atoms with Crippen molar-refractivity contribution in [2.24, 2.45) is 0 Å². The Balaban J connectivity index is 1.61. The minimum Gasteiger partial charge on any atom is -0.459 e. The highest BCUT2D eigenvalue weighted by molar-refractivity contribution is 7.89. The van der Waals surface area contributed by atoms with Gasteiger partial charge in [-0.1, -0.05) is 0 Å². The van der Waals surface area contributed by atoms with Gasteiger partial charge in [-0.2, -0.15) is 4.31 Å². The van der Waals surface area contributed by atoms with Crippen molar-refractivity contribution in [3.05, 3.63) is 41.9 Å². The zero-order chi connectivity index (χ0) is 21.8. The smallest absolute Gasteiger partial charge is 0.291 e. The number of amides is 1. The second-order valence-corrected chi connectivity index (χ2v) is 9.56. The van der Waals surface area contributed by atoms with Crippen LogP contribution >= 0.6 is 0 Å². The highest BCUT2D eigenvalue weighted by Crippen LogP contribution is 2.29. The summed E-state index contributed by atoms with van der Waals surface area (Å²) in [6, 6.07) is 6.41. The zero-order valence-corrected chi connectivity index (χ0v) is 18.2. The van der Waals surface area contributed by atoms with Gasteiger partial charge >= 0.3 is 0 Å². The van der Waals surface area contributed by atoms with Crippen LogP contribution in [0.1, 0.15) is 29.0 Å². The van der Waals surface area contributed by atoms with E-state index in [1.165, 1.54) is 16.6 Å². The summed E-state index contributed by atoms with van der Waals surface area (Å²) in [5, 5.41) is 6.08. The normalized spacial score (nSPS) is 20.0. The molecule has 0 spiro atoms. The Morgan fingerprint density at radius 2 is 1.97 bits per heavy atom. The molecule has 2 saturated heterocycles. The summed E-state index contributed by atoms with van der Waals surface area (Å²) in [5.74, 6) is -0.255. The van der Waals surface area contributed by atoms with Gasteiger partial charge in [-0.25, -0.2) is 8.42 Å². The number of carbonyl (C=O) groups excluding carboxylic acids is 1. The lowest BCUT2D eigenvalue weighted by molar-refractivity contribution is 0.0730. The Hall–Kier alpha value is -2.40. The van der Waals surface area contributed by atoms with E-state index < -0.39 is 15.9 Å². The predicted molar refractivity (Wildman–Crippen MR) is 115 cm³/mol. The van der Waals surface area contributed by atoms with E-state index in [1.807, 2.05) is 0 Å². The monoisotopic (exact) mass is 449 g/mol. The summed E-state index contributed by atoms with van der Waals surface area (Å²) < 4.78 is 43.8. The number of sulfonamides is 1. The van der Waals surface area contributed by atoms with E-state index in [4.69, 9.17) is 13.9 Å². The molecular formula is C21H27N3O6S. The molecule has 1 amide bonds. The van der Waals surface area contributed by atoms with Crippen molar-refractivity contribution >= 4 is 27.3 Å². The molecule has 2 fully saturated rings. The number of anilines is 2. The molecule has 2 N–H and O–H groups in total. The first-order valence-electron chi connectivity index (χ1n) is 10.4. The Morgan fingerprint density at radius 1 is 1.16 bits per heavy atom. The number of aryl methyl sites for hydroxylation is 1. The number of rotatable bonds is 7. The largest absolute Gasteiger partial charge is 0.459 e. The number of nitrogens with one attached hydrogen (secondary N) is 2. The van der Waals surface area contributed by atoms with Gasteiger partial charge in [-0.15, -0.1) is 0 Å². The molecule has 0 aliphatic carbocycles. The van der Waals surface area contributed by atoms with Gasteiger partial charge < -0.3 is 24.5 Å². The van der Waals surface area contributed by atoms with Gasteiger partial charge in [-0.3, -0.25) is 4.79 Å². The fourth-order valence-corrected chi connectivity index (χ4v) is 5.13. The van der Waals surface area contributed by atoms with E-state index in [9.17, 15) is 13.2 Å². The van der Waals surface area contributed by atoms with Gasteiger partial charge in [0.05, 0.1) is 41.9 Å². The number of hydrogen-bond acceptors (Lipinski definition) is 7. The number of ether oxygens (including phenoxy) is 2. The maximum atomic E-state index is 13.1. The summed E-state index contributed by atoms with van der Waals surface area (Å²) >= 11 is 0. The molecule has 3 heterocycles. The molecule has 0 bridgehead atoms. The van der Waals surface area contributed by atoms with Crippen LogP contribution in [0.25, 0.3) is 0 Å². The SMILES string of the molecule is Cc1ccoc1C(=O)Nc1cc(S(=O)(=O)N2CCOCC2)ccc1NCC1CCCO1. The fraction of sp³-hybridized carbons (Fsp3) is 0.476. The Morgan fingerprint density at radius 3 is 2.65 bits per heavy atom. The van der Waals surface area contributed by atoms with Gasteiger partial charge in [-0.05, 0) is 44.0 Å². The van der Waals surface area contributed by atoms with Crippen LogP contribution < -0.4 is 10.6 Å². The second kappa shape index (κ2) is 9.39. The van der Waals surface area contributed by atoms with Crippen LogP contribution in [0.3, 0.4) is 0 Å². The summed E-state index contributed by atoms with van der Waals surface area (Å²) in [6.45, 7) is 4.41. The van der Waals surface area contributed by atoms with E-state index in [1.54, 1.807) is 25.1 Å². The number of benzene rings is 1. The van der Waals surface area contributed by atoms with E-state index in [-0.39, 0.29) is 16.8 Å². The number of furan rings is 1. The van der Waals surface area contributed by atoms with E-state index >= 15 is 0 Å². The minimum absolute atomic E-state index is 0.0904. The fourth-order valence-electron chi connectivity index (χ4n) is 3.69. The quantitative estimate of drug-likeness (QED) is 0.668. The van der Waals surface area contributed by atoms with Gasteiger partial charge in [0.2, 0.25) is 10.0 Å². The molecular weight excluding hydrogens is 422 g/mol. The molecule has 4 rings (SSSR count). The third kappa shape index (κ3) is 4.93. The number of nitrogens with zero attached hydrogens (tertiary/aromatic N) is 1. The Labute approximate surface area is 181 Å². The Bertz CT molecular complexity index is 1020. The van der Waals surface area contributed by atoms with Crippen molar-refractivity contribution in [1.82, 2.24) is 4.31 Å². The molecule has 1 aromatic heterocycles. The van der Waals surface area contributed by atoms with Crippen molar-refractivity contribution < 1.29 is 27.1 Å². The molecule has 1 atom stereocenters. The van der Waals surface area contributed by atoms with Crippen LogP contribution in [0.15, 0.2) is 39.8 Å². The third-order valence-corrected chi connectivity index (χ3v) is 7.35. The van der Waals surface area contributed by atoms with Crippen LogP contribution in [0.5, 0.6) is 0 Å². The topological polar surface area (TPSA) is 110 Å². The molecule has 0 radical (unpaired) electrons. The standard InChI is InChI=1S/C21H27N3O6S/c1-15-6-10-30-20(15)21(25)23-19-13-17(31(26,27)24-7-11-28-12-8-24)4-5-18(19)22-14-16-3-2-9-29-16/h4-6,10,13,16,22H,2-3,7-9,11-12,14H2,1H3,(H,23,25). The summed E-state index contributed by atoms with van der Waals surface area (Å²) in [7, 11) is -3.70. The van der Waals surface area contributed by atoms with Crippen LogP contribution in [-0.2, 0) is 19.5 Å². The zero-order valence-electron chi connectivity index (χ0n) is 17.4. The van der Waals surface area contributed by atoms with Crippen molar-refractivity contribution in [2.75, 3.05) is 50.1 Å². The first kappa shape index (κ1) is 21.8. The Kier molecular flexibility index (Phi) is 6.61. The highest BCUT2D eigenvalue weighted by Gasteiger charge is 2.27. The van der Waals surface area contributed by atoms with Gasteiger partial charge in [0, 0.05) is 31.8 Å². The molecule has 2 aliphatic heterocycles. The summed E-state index contributed by atoms with van der Waals surface area (Å²) in [4.78, 5) is 12.9. The second-order valence-electron chi connectivity index (χ2n) is 7.63. The van der Waals surface area contributed by atoms with Crippen LogP contribution in [0.4, 0.5) is 11.4 Å². The average molecular weight is 450 g/mol. The van der Waals surface area contributed by atoms with Crippen LogP contribution in [-0.4, -0.2) is 64.2 Å². The van der Waals surface area contributed by atoms with Gasteiger partial charge in [0.15, 0.2) is 5.76 Å². The molecule has 2 aromatic rings. The molecule has 10 heteroatoms. The maximum Gasteiger partial charge on any atom is 0.291 e. The third-order valence-electron chi connectivity index (χ3n) is 5.46. The van der Waals surface area contributed by atoms with Gasteiger partial charge in [0.25, 0.3) is 5.91 Å². The summed E-state index contributed by atoms with van der Waals surface area (Å²) in [5.41, 5.74) is 1.69.